The first kappa shape index (κ1) is 24.6. The van der Waals surface area contributed by atoms with Gasteiger partial charge in [-0.05, 0) is 50.1 Å². The number of para-hydroxylation sites is 1. The molecule has 0 saturated heterocycles. The number of phenolic OH excluding ortho intramolecular Hbond substituents is 1. The van der Waals surface area contributed by atoms with E-state index in [0.717, 1.165) is 16.5 Å². The van der Waals surface area contributed by atoms with Gasteiger partial charge in [-0.25, -0.2) is 9.59 Å². The van der Waals surface area contributed by atoms with E-state index in [1.165, 1.54) is 12.1 Å². The highest BCUT2D eigenvalue weighted by Crippen LogP contribution is 2.20. The molecular formula is C25H29N3O6. The molecule has 0 bridgehead atoms. The zero-order valence-electron chi connectivity index (χ0n) is 19.3. The van der Waals surface area contributed by atoms with Crippen molar-refractivity contribution >= 4 is 28.9 Å². The molecule has 2 amide bonds. The molecule has 180 valence electrons. The Labute approximate surface area is 197 Å². The van der Waals surface area contributed by atoms with Gasteiger partial charge in [0.05, 0.1) is 0 Å². The molecule has 9 heteroatoms. The summed E-state index contributed by atoms with van der Waals surface area (Å²) in [6, 6.07) is 11.3. The molecule has 3 aromatic rings. The highest BCUT2D eigenvalue weighted by Gasteiger charge is 2.29. The quantitative estimate of drug-likeness (QED) is 0.345. The number of rotatable bonds is 8. The number of hydrogen-bond acceptors (Lipinski definition) is 5. The number of ether oxygens (including phenoxy) is 1. The van der Waals surface area contributed by atoms with Crippen molar-refractivity contribution in [3.8, 4) is 5.75 Å². The van der Waals surface area contributed by atoms with Crippen LogP contribution in [-0.2, 0) is 27.2 Å². The first-order valence-electron chi connectivity index (χ1n) is 10.9. The molecule has 0 radical (unpaired) electrons. The van der Waals surface area contributed by atoms with E-state index in [-0.39, 0.29) is 18.6 Å². The number of carboxylic acids is 1. The van der Waals surface area contributed by atoms with E-state index in [1.807, 2.05) is 24.3 Å². The molecule has 3 rings (SSSR count). The van der Waals surface area contributed by atoms with Gasteiger partial charge >= 0.3 is 12.1 Å². The third-order valence-corrected chi connectivity index (χ3v) is 5.10. The highest BCUT2D eigenvalue weighted by molar-refractivity contribution is 5.91. The van der Waals surface area contributed by atoms with Gasteiger partial charge in [-0.3, -0.25) is 4.79 Å². The summed E-state index contributed by atoms with van der Waals surface area (Å²) in [7, 11) is 0. The van der Waals surface area contributed by atoms with Crippen LogP contribution in [0.5, 0.6) is 5.75 Å². The SMILES string of the molecule is CC(C)(C)OC(=O)N[C@@H](Cc1c[nH]c2ccccc12)C(=O)N[C@@H](Cc1ccc(O)cc1)C(=O)O. The molecule has 0 aliphatic carbocycles. The molecule has 0 aliphatic heterocycles. The lowest BCUT2D eigenvalue weighted by Gasteiger charge is -2.24. The number of amides is 2. The van der Waals surface area contributed by atoms with E-state index < -0.39 is 35.7 Å². The van der Waals surface area contributed by atoms with E-state index in [2.05, 4.69) is 15.6 Å². The number of aliphatic carboxylic acids is 1. The molecule has 2 atom stereocenters. The Kier molecular flexibility index (Phi) is 7.45. The van der Waals surface area contributed by atoms with Gasteiger partial charge in [0, 0.05) is 29.9 Å². The zero-order chi connectivity index (χ0) is 24.9. The second-order valence-electron chi connectivity index (χ2n) is 9.03. The number of H-pyrrole nitrogens is 1. The second kappa shape index (κ2) is 10.3. The minimum atomic E-state index is -1.23. The Hall–Kier alpha value is -4.01. The topological polar surface area (TPSA) is 141 Å². The zero-order valence-corrected chi connectivity index (χ0v) is 19.3. The number of carbonyl (C=O) groups excluding carboxylic acids is 2. The lowest BCUT2D eigenvalue weighted by molar-refractivity contribution is -0.142. The summed E-state index contributed by atoms with van der Waals surface area (Å²) in [5.41, 5.74) is 1.52. The number of alkyl carbamates (subject to hydrolysis) is 1. The lowest BCUT2D eigenvalue weighted by atomic mass is 10.0. The number of phenols is 1. The van der Waals surface area contributed by atoms with E-state index in [9.17, 15) is 24.6 Å². The number of carbonyl (C=O) groups is 3. The van der Waals surface area contributed by atoms with Crippen LogP contribution in [0, 0.1) is 0 Å². The predicted molar refractivity (Wildman–Crippen MR) is 127 cm³/mol. The Bertz CT molecular complexity index is 1160. The first-order valence-corrected chi connectivity index (χ1v) is 10.9. The standard InChI is InChI=1S/C25H29N3O6/c1-25(2,3)34-24(33)28-20(13-16-14-26-19-7-5-4-6-18(16)19)22(30)27-21(23(31)32)12-15-8-10-17(29)11-9-15/h4-11,14,20-21,26,29H,12-13H2,1-3H3,(H,27,30)(H,28,33)(H,31,32)/t20-,21-/m0/s1. The largest absolute Gasteiger partial charge is 0.508 e. The molecular weight excluding hydrogens is 438 g/mol. The smallest absolute Gasteiger partial charge is 0.408 e. The molecule has 0 saturated carbocycles. The Morgan fingerprint density at radius 3 is 2.29 bits per heavy atom. The fourth-order valence-electron chi connectivity index (χ4n) is 3.52. The summed E-state index contributed by atoms with van der Waals surface area (Å²) in [5, 5.41) is 25.1. The molecule has 0 fully saturated rings. The predicted octanol–water partition coefficient (Wildman–Crippen LogP) is 3.12. The molecule has 2 aromatic carbocycles. The Morgan fingerprint density at radius 2 is 1.65 bits per heavy atom. The minimum Gasteiger partial charge on any atom is -0.508 e. The normalized spacial score (nSPS) is 13.1. The van der Waals surface area contributed by atoms with Gasteiger partial charge in [0.2, 0.25) is 5.91 Å². The Balaban J connectivity index is 1.81. The molecule has 1 aromatic heterocycles. The average Bonchev–Trinajstić information content (AvgIpc) is 3.15. The third-order valence-electron chi connectivity index (χ3n) is 5.10. The van der Waals surface area contributed by atoms with Crippen LogP contribution in [0.4, 0.5) is 4.79 Å². The fraction of sp³-hybridized carbons (Fsp3) is 0.320. The minimum absolute atomic E-state index is 0.00754. The molecule has 0 aliphatic rings. The molecule has 9 nitrogen and oxygen atoms in total. The number of fused-ring (bicyclic) bond motifs is 1. The van der Waals surface area contributed by atoms with Crippen LogP contribution in [0.25, 0.3) is 10.9 Å². The monoisotopic (exact) mass is 467 g/mol. The lowest BCUT2D eigenvalue weighted by Crippen LogP contribution is -2.53. The van der Waals surface area contributed by atoms with Crippen LogP contribution in [0.3, 0.4) is 0 Å². The number of benzene rings is 2. The van der Waals surface area contributed by atoms with Crippen molar-refractivity contribution in [3.05, 3.63) is 65.9 Å². The van der Waals surface area contributed by atoms with Gasteiger partial charge in [0.15, 0.2) is 0 Å². The van der Waals surface area contributed by atoms with Gasteiger partial charge in [0.25, 0.3) is 0 Å². The van der Waals surface area contributed by atoms with Crippen LogP contribution in [0.1, 0.15) is 31.9 Å². The van der Waals surface area contributed by atoms with Gasteiger partial charge in [-0.2, -0.15) is 0 Å². The summed E-state index contributed by atoms with van der Waals surface area (Å²) in [6.45, 7) is 5.12. The second-order valence-corrected chi connectivity index (χ2v) is 9.03. The number of nitrogens with one attached hydrogen (secondary N) is 3. The van der Waals surface area contributed by atoms with E-state index in [4.69, 9.17) is 4.74 Å². The maximum absolute atomic E-state index is 13.2. The van der Waals surface area contributed by atoms with E-state index in [0.29, 0.717) is 5.56 Å². The van der Waals surface area contributed by atoms with Gasteiger partial charge < -0.3 is 30.6 Å². The number of carboxylic acid groups (broad SMARTS) is 1. The van der Waals surface area contributed by atoms with Crippen molar-refractivity contribution in [3.63, 3.8) is 0 Å². The van der Waals surface area contributed by atoms with E-state index in [1.54, 1.807) is 39.1 Å². The summed E-state index contributed by atoms with van der Waals surface area (Å²) in [5.74, 6) is -1.81. The van der Waals surface area contributed by atoms with Crippen LogP contribution >= 0.6 is 0 Å². The van der Waals surface area contributed by atoms with Crippen molar-refractivity contribution < 1.29 is 29.3 Å². The molecule has 0 spiro atoms. The van der Waals surface area contributed by atoms with Crippen LogP contribution in [0.15, 0.2) is 54.7 Å². The van der Waals surface area contributed by atoms with Crippen molar-refractivity contribution in [1.29, 1.82) is 0 Å². The fourth-order valence-corrected chi connectivity index (χ4v) is 3.52. The molecule has 34 heavy (non-hydrogen) atoms. The maximum atomic E-state index is 13.2. The van der Waals surface area contributed by atoms with Crippen LogP contribution < -0.4 is 10.6 Å². The van der Waals surface area contributed by atoms with Gasteiger partial charge in [-0.1, -0.05) is 30.3 Å². The average molecular weight is 468 g/mol. The maximum Gasteiger partial charge on any atom is 0.408 e. The van der Waals surface area contributed by atoms with Crippen molar-refractivity contribution in [2.45, 2.75) is 51.3 Å². The number of hydrogen-bond donors (Lipinski definition) is 5. The van der Waals surface area contributed by atoms with Crippen LogP contribution in [0.2, 0.25) is 0 Å². The van der Waals surface area contributed by atoms with Crippen molar-refractivity contribution in [2.24, 2.45) is 0 Å². The molecule has 0 unspecified atom stereocenters. The van der Waals surface area contributed by atoms with Crippen LogP contribution in [-0.4, -0.2) is 50.9 Å². The van der Waals surface area contributed by atoms with E-state index >= 15 is 0 Å². The highest BCUT2D eigenvalue weighted by atomic mass is 16.6. The molecule has 1 heterocycles. The summed E-state index contributed by atoms with van der Waals surface area (Å²) in [4.78, 5) is 40.6. The summed E-state index contributed by atoms with van der Waals surface area (Å²) >= 11 is 0. The van der Waals surface area contributed by atoms with Crippen molar-refractivity contribution in [2.75, 3.05) is 0 Å². The third kappa shape index (κ3) is 6.74. The first-order chi connectivity index (χ1) is 16.0. The molecule has 5 N–H and O–H groups in total. The number of aromatic amines is 1. The van der Waals surface area contributed by atoms with Gasteiger partial charge in [0.1, 0.15) is 23.4 Å². The van der Waals surface area contributed by atoms with Gasteiger partial charge in [-0.15, -0.1) is 0 Å². The van der Waals surface area contributed by atoms with Crippen molar-refractivity contribution in [1.82, 2.24) is 15.6 Å². The Morgan fingerprint density at radius 1 is 0.971 bits per heavy atom. The summed E-state index contributed by atoms with van der Waals surface area (Å²) in [6.07, 6.45) is 1.11. The number of aromatic nitrogens is 1. The number of aromatic hydroxyl groups is 1. The summed E-state index contributed by atoms with van der Waals surface area (Å²) < 4.78 is 5.31.